The topological polar surface area (TPSA) is 109 Å². The van der Waals surface area contributed by atoms with Gasteiger partial charge in [0.15, 0.2) is 5.82 Å². The molecule has 0 radical (unpaired) electrons. The van der Waals surface area contributed by atoms with E-state index in [9.17, 15) is 9.59 Å². The molecule has 0 fully saturated rings. The summed E-state index contributed by atoms with van der Waals surface area (Å²) in [7, 11) is 0. The highest BCUT2D eigenvalue weighted by Crippen LogP contribution is 2.18. The third-order valence-corrected chi connectivity index (χ3v) is 3.36. The fraction of sp³-hybridized carbons (Fsp3) is 0.111. The van der Waals surface area contributed by atoms with Crippen LogP contribution in [0.1, 0.15) is 23.2 Å². The van der Waals surface area contributed by atoms with Crippen LogP contribution in [0.2, 0.25) is 0 Å². The van der Waals surface area contributed by atoms with Crippen LogP contribution in [0.15, 0.2) is 53.2 Å². The summed E-state index contributed by atoms with van der Waals surface area (Å²) >= 11 is 0. The van der Waals surface area contributed by atoms with Gasteiger partial charge in [0.05, 0.1) is 0 Å². The van der Waals surface area contributed by atoms with Crippen molar-refractivity contribution in [2.45, 2.75) is 13.8 Å². The summed E-state index contributed by atoms with van der Waals surface area (Å²) in [6.45, 7) is 3.23. The lowest BCUT2D eigenvalue weighted by atomic mass is 10.2. The van der Waals surface area contributed by atoms with Gasteiger partial charge in [-0.3, -0.25) is 14.6 Å². The number of amides is 2. The first-order valence-electron chi connectivity index (χ1n) is 7.85. The maximum Gasteiger partial charge on any atom is 0.274 e. The zero-order valence-corrected chi connectivity index (χ0v) is 14.2. The van der Waals surface area contributed by atoms with Gasteiger partial charge in [-0.05, 0) is 43.3 Å². The third kappa shape index (κ3) is 4.44. The predicted octanol–water partition coefficient (Wildman–Crippen LogP) is 3.33. The first kappa shape index (κ1) is 17.2. The fourth-order valence-electron chi connectivity index (χ4n) is 2.24. The maximum atomic E-state index is 12.4. The van der Waals surface area contributed by atoms with Crippen molar-refractivity contribution >= 4 is 34.7 Å². The molecule has 2 heterocycles. The Bertz CT molecular complexity index is 934. The number of rotatable bonds is 5. The van der Waals surface area contributed by atoms with E-state index in [1.807, 2.05) is 0 Å². The Hall–Kier alpha value is -3.68. The second kappa shape index (κ2) is 7.47. The monoisotopic (exact) mass is 351 g/mol. The molecule has 8 nitrogen and oxygen atoms in total. The molecule has 0 aliphatic carbocycles. The molecule has 8 heteroatoms. The number of hydrogen-bond acceptors (Lipinski definition) is 6. The molecule has 2 amide bonds. The predicted molar refractivity (Wildman–Crippen MR) is 97.5 cm³/mol. The van der Waals surface area contributed by atoms with Crippen molar-refractivity contribution in [3.05, 3.63) is 60.1 Å². The molecule has 26 heavy (non-hydrogen) atoms. The van der Waals surface area contributed by atoms with E-state index in [4.69, 9.17) is 4.52 Å². The van der Waals surface area contributed by atoms with Crippen LogP contribution >= 0.6 is 0 Å². The minimum atomic E-state index is -0.350. The lowest BCUT2D eigenvalue weighted by molar-refractivity contribution is -0.114. The van der Waals surface area contributed by atoms with Gasteiger partial charge < -0.3 is 20.5 Å². The Morgan fingerprint density at radius 3 is 2.27 bits per heavy atom. The minimum Gasteiger partial charge on any atom is -0.360 e. The summed E-state index contributed by atoms with van der Waals surface area (Å²) < 4.78 is 4.99. The molecule has 3 N–H and O–H groups in total. The smallest absolute Gasteiger partial charge is 0.274 e. The van der Waals surface area contributed by atoms with Crippen LogP contribution in [-0.2, 0) is 4.79 Å². The first-order chi connectivity index (χ1) is 12.5. The summed E-state index contributed by atoms with van der Waals surface area (Å²) in [6, 6.07) is 11.9. The maximum absolute atomic E-state index is 12.4. The van der Waals surface area contributed by atoms with Gasteiger partial charge in [0.25, 0.3) is 5.91 Å². The Labute approximate surface area is 149 Å². The number of pyridine rings is 1. The number of anilines is 4. The van der Waals surface area contributed by atoms with Crippen molar-refractivity contribution in [3.63, 3.8) is 0 Å². The lowest BCUT2D eigenvalue weighted by Crippen LogP contribution is -2.14. The number of nitrogens with one attached hydrogen (secondary N) is 3. The van der Waals surface area contributed by atoms with E-state index in [-0.39, 0.29) is 17.5 Å². The van der Waals surface area contributed by atoms with Crippen LogP contribution in [0, 0.1) is 6.92 Å². The standard InChI is InChI=1S/C18H17N5O3/c1-11-9-17(23-26-11)21-15-7-8-19-16(10-15)18(25)22-14-5-3-13(4-6-14)20-12(2)24/h3-10H,1-2H3,(H,20,24)(H,22,25)(H,19,21,23). The first-order valence-corrected chi connectivity index (χ1v) is 7.85. The molecular formula is C18H17N5O3. The quantitative estimate of drug-likeness (QED) is 0.650. The van der Waals surface area contributed by atoms with E-state index in [0.717, 1.165) is 0 Å². The van der Waals surface area contributed by atoms with E-state index >= 15 is 0 Å². The van der Waals surface area contributed by atoms with Gasteiger partial charge in [-0.2, -0.15) is 0 Å². The zero-order chi connectivity index (χ0) is 18.5. The van der Waals surface area contributed by atoms with Crippen molar-refractivity contribution in [2.75, 3.05) is 16.0 Å². The number of hydrogen-bond donors (Lipinski definition) is 3. The lowest BCUT2D eigenvalue weighted by Gasteiger charge is -2.08. The van der Waals surface area contributed by atoms with Gasteiger partial charge in [0, 0.05) is 36.2 Å². The third-order valence-electron chi connectivity index (χ3n) is 3.36. The number of carbonyl (C=O) groups is 2. The average molecular weight is 351 g/mol. The Morgan fingerprint density at radius 1 is 0.962 bits per heavy atom. The van der Waals surface area contributed by atoms with Gasteiger partial charge in [0.2, 0.25) is 5.91 Å². The highest BCUT2D eigenvalue weighted by molar-refractivity contribution is 6.03. The summed E-state index contributed by atoms with van der Waals surface area (Å²) in [5, 5.41) is 12.3. The second-order valence-electron chi connectivity index (χ2n) is 5.59. The molecule has 3 aromatic rings. The number of benzene rings is 1. The van der Waals surface area contributed by atoms with Crippen molar-refractivity contribution < 1.29 is 14.1 Å². The summed E-state index contributed by atoms with van der Waals surface area (Å²) in [5.74, 6) is 0.728. The van der Waals surface area contributed by atoms with Gasteiger partial charge in [-0.1, -0.05) is 5.16 Å². The number of aromatic nitrogens is 2. The summed E-state index contributed by atoms with van der Waals surface area (Å²) in [6.07, 6.45) is 1.53. The van der Waals surface area contributed by atoms with Crippen molar-refractivity contribution in [3.8, 4) is 0 Å². The van der Waals surface area contributed by atoms with Crippen LogP contribution in [0.5, 0.6) is 0 Å². The molecule has 1 aromatic carbocycles. The summed E-state index contributed by atoms with van der Waals surface area (Å²) in [4.78, 5) is 27.5. The average Bonchev–Trinajstić information content (AvgIpc) is 3.01. The van der Waals surface area contributed by atoms with E-state index < -0.39 is 0 Å². The molecule has 0 aliphatic rings. The largest absolute Gasteiger partial charge is 0.360 e. The molecule has 0 unspecified atom stereocenters. The number of nitrogens with zero attached hydrogens (tertiary/aromatic N) is 2. The van der Waals surface area contributed by atoms with E-state index in [2.05, 4.69) is 26.1 Å². The Morgan fingerprint density at radius 2 is 1.65 bits per heavy atom. The number of carbonyl (C=O) groups excluding carboxylic acids is 2. The molecule has 2 aromatic heterocycles. The second-order valence-corrected chi connectivity index (χ2v) is 5.59. The highest BCUT2D eigenvalue weighted by Gasteiger charge is 2.10. The number of aryl methyl sites for hydroxylation is 1. The van der Waals surface area contributed by atoms with Crippen molar-refractivity contribution in [1.82, 2.24) is 10.1 Å². The molecule has 0 saturated heterocycles. The zero-order valence-electron chi connectivity index (χ0n) is 14.2. The molecule has 3 rings (SSSR count). The minimum absolute atomic E-state index is 0.155. The molecule has 0 atom stereocenters. The van der Waals surface area contributed by atoms with E-state index in [1.54, 1.807) is 49.4 Å². The van der Waals surface area contributed by atoms with Crippen LogP contribution in [0.3, 0.4) is 0 Å². The van der Waals surface area contributed by atoms with Crippen molar-refractivity contribution in [1.29, 1.82) is 0 Å². The molecular weight excluding hydrogens is 334 g/mol. The SMILES string of the molecule is CC(=O)Nc1ccc(NC(=O)c2cc(Nc3cc(C)on3)ccn2)cc1. The Balaban J connectivity index is 1.67. The van der Waals surface area contributed by atoms with Gasteiger partial charge in [0.1, 0.15) is 11.5 Å². The van der Waals surface area contributed by atoms with Gasteiger partial charge in [-0.15, -0.1) is 0 Å². The Kier molecular flexibility index (Phi) is 4.93. The van der Waals surface area contributed by atoms with Crippen molar-refractivity contribution in [2.24, 2.45) is 0 Å². The fourth-order valence-corrected chi connectivity index (χ4v) is 2.24. The van der Waals surface area contributed by atoms with Crippen LogP contribution in [0.4, 0.5) is 22.9 Å². The van der Waals surface area contributed by atoms with Crippen LogP contribution in [-0.4, -0.2) is 22.0 Å². The summed E-state index contributed by atoms with van der Waals surface area (Å²) in [5.41, 5.74) is 2.17. The molecule has 0 aliphatic heterocycles. The van der Waals surface area contributed by atoms with Crippen LogP contribution < -0.4 is 16.0 Å². The van der Waals surface area contributed by atoms with Gasteiger partial charge in [-0.25, -0.2) is 0 Å². The highest BCUT2D eigenvalue weighted by atomic mass is 16.5. The molecule has 132 valence electrons. The van der Waals surface area contributed by atoms with Crippen LogP contribution in [0.25, 0.3) is 0 Å². The van der Waals surface area contributed by atoms with Gasteiger partial charge >= 0.3 is 0 Å². The molecule has 0 saturated carbocycles. The van der Waals surface area contributed by atoms with E-state index in [1.165, 1.54) is 13.1 Å². The molecule has 0 spiro atoms. The normalized spacial score (nSPS) is 10.2. The molecule has 0 bridgehead atoms. The van der Waals surface area contributed by atoms with E-state index in [0.29, 0.717) is 28.6 Å².